The number of rotatable bonds is 1. The lowest BCUT2D eigenvalue weighted by Crippen LogP contribution is -2.33. The van der Waals surface area contributed by atoms with Gasteiger partial charge in [-0.2, -0.15) is 4.99 Å². The second-order valence-corrected chi connectivity index (χ2v) is 4.35. The minimum Gasteiger partial charge on any atom is -0.467 e. The van der Waals surface area contributed by atoms with Gasteiger partial charge in [-0.15, -0.1) is 0 Å². The van der Waals surface area contributed by atoms with Crippen LogP contribution in [0.3, 0.4) is 0 Å². The van der Waals surface area contributed by atoms with E-state index in [1.165, 1.54) is 6.92 Å². The van der Waals surface area contributed by atoms with E-state index in [1.54, 1.807) is 13.0 Å². The zero-order chi connectivity index (χ0) is 13.3. The molecule has 0 bridgehead atoms. The van der Waals surface area contributed by atoms with Crippen LogP contribution in [0.1, 0.15) is 20.3 Å². The van der Waals surface area contributed by atoms with E-state index in [1.807, 2.05) is 0 Å². The van der Waals surface area contributed by atoms with Crippen molar-refractivity contribution in [1.82, 2.24) is 0 Å². The van der Waals surface area contributed by atoms with Crippen molar-refractivity contribution in [3.8, 4) is 0 Å². The summed E-state index contributed by atoms with van der Waals surface area (Å²) < 4.78 is 10.8. The quantitative estimate of drug-likeness (QED) is 0.710. The predicted molar refractivity (Wildman–Crippen MR) is 62.1 cm³/mol. The molecule has 0 aromatic carbocycles. The maximum atomic E-state index is 11.9. The van der Waals surface area contributed by atoms with E-state index in [4.69, 9.17) is 14.6 Å². The molecule has 1 fully saturated rings. The molecule has 0 aromatic rings. The maximum Gasteiger partial charge on any atom is 0.275 e. The maximum absolute atomic E-state index is 11.9. The normalized spacial score (nSPS) is 35.6. The average Bonchev–Trinajstić information content (AvgIpc) is 2.64. The van der Waals surface area contributed by atoms with Crippen LogP contribution in [0.2, 0.25) is 0 Å². The highest BCUT2D eigenvalue weighted by atomic mass is 16.6. The number of hydrogen-bond donors (Lipinski definition) is 1. The molecule has 98 valence electrons. The first-order valence-corrected chi connectivity index (χ1v) is 5.76. The van der Waals surface area contributed by atoms with Crippen molar-refractivity contribution in [3.05, 3.63) is 11.6 Å². The van der Waals surface area contributed by atoms with Crippen LogP contribution in [0.4, 0.5) is 0 Å². The highest BCUT2D eigenvalue weighted by Crippen LogP contribution is 2.24. The van der Waals surface area contributed by atoms with Gasteiger partial charge in [-0.25, -0.2) is 0 Å². The van der Waals surface area contributed by atoms with Crippen molar-refractivity contribution < 1.29 is 24.2 Å². The molecule has 0 radical (unpaired) electrons. The molecule has 0 aliphatic carbocycles. The number of nitrogens with zero attached hydrogens (tertiary/aromatic N) is 1. The SMILES string of the molecule is CC1=NC(=O)/C(C)=C\CC2OC(CO)C(=O)C2O1. The van der Waals surface area contributed by atoms with Gasteiger partial charge < -0.3 is 14.6 Å². The largest absolute Gasteiger partial charge is 0.467 e. The zero-order valence-electron chi connectivity index (χ0n) is 10.3. The van der Waals surface area contributed by atoms with Gasteiger partial charge in [0.15, 0.2) is 12.0 Å². The summed E-state index contributed by atoms with van der Waals surface area (Å²) in [6.45, 7) is 2.81. The minimum atomic E-state index is -0.850. The summed E-state index contributed by atoms with van der Waals surface area (Å²) in [5.74, 6) is -0.545. The van der Waals surface area contributed by atoms with Gasteiger partial charge in [-0.05, 0) is 13.3 Å². The van der Waals surface area contributed by atoms with E-state index in [2.05, 4.69) is 4.99 Å². The number of hydrogen-bond acceptors (Lipinski definition) is 5. The lowest BCUT2D eigenvalue weighted by atomic mass is 10.1. The van der Waals surface area contributed by atoms with Crippen molar-refractivity contribution in [3.63, 3.8) is 0 Å². The Hall–Kier alpha value is -1.53. The number of Topliss-reactive ketones (excluding diaryl/α,β-unsaturated/α-hetero) is 1. The van der Waals surface area contributed by atoms with Crippen molar-refractivity contribution in [2.45, 2.75) is 38.6 Å². The molecule has 2 aliphatic rings. The van der Waals surface area contributed by atoms with Gasteiger partial charge in [-0.1, -0.05) is 6.08 Å². The van der Waals surface area contributed by atoms with Gasteiger partial charge >= 0.3 is 0 Å². The molecule has 2 rings (SSSR count). The van der Waals surface area contributed by atoms with Gasteiger partial charge in [0, 0.05) is 12.5 Å². The summed E-state index contributed by atoms with van der Waals surface area (Å²) in [7, 11) is 0. The highest BCUT2D eigenvalue weighted by Gasteiger charge is 2.44. The topological polar surface area (TPSA) is 85.2 Å². The minimum absolute atomic E-state index is 0.139. The summed E-state index contributed by atoms with van der Waals surface area (Å²) in [5.41, 5.74) is 0.488. The van der Waals surface area contributed by atoms with E-state index in [9.17, 15) is 9.59 Å². The number of ketones is 1. The first-order valence-electron chi connectivity index (χ1n) is 5.76. The first-order chi connectivity index (χ1) is 8.52. The molecule has 1 saturated heterocycles. The lowest BCUT2D eigenvalue weighted by molar-refractivity contribution is -0.128. The fourth-order valence-electron chi connectivity index (χ4n) is 1.98. The van der Waals surface area contributed by atoms with E-state index < -0.39 is 18.3 Å². The van der Waals surface area contributed by atoms with Crippen LogP contribution in [-0.4, -0.2) is 47.6 Å². The van der Waals surface area contributed by atoms with Gasteiger partial charge in [0.25, 0.3) is 5.91 Å². The molecule has 0 spiro atoms. The Morgan fingerprint density at radius 1 is 1.44 bits per heavy atom. The third-order valence-electron chi connectivity index (χ3n) is 2.99. The molecule has 0 aromatic heterocycles. The van der Waals surface area contributed by atoms with Crippen LogP contribution in [0.15, 0.2) is 16.6 Å². The summed E-state index contributed by atoms with van der Waals surface area (Å²) in [6.07, 6.45) is -0.0793. The fraction of sp³-hybridized carbons (Fsp3) is 0.583. The first kappa shape index (κ1) is 12.9. The van der Waals surface area contributed by atoms with Crippen LogP contribution in [0.25, 0.3) is 0 Å². The monoisotopic (exact) mass is 253 g/mol. The van der Waals surface area contributed by atoms with Gasteiger partial charge in [0.2, 0.25) is 5.78 Å². The lowest BCUT2D eigenvalue weighted by Gasteiger charge is -2.15. The molecular formula is C12H15NO5. The van der Waals surface area contributed by atoms with Crippen LogP contribution in [-0.2, 0) is 19.1 Å². The van der Waals surface area contributed by atoms with Gasteiger partial charge in [0.05, 0.1) is 6.61 Å². The Kier molecular flexibility index (Phi) is 3.58. The van der Waals surface area contributed by atoms with Crippen molar-refractivity contribution in [1.29, 1.82) is 0 Å². The molecule has 2 heterocycles. The Morgan fingerprint density at radius 2 is 2.17 bits per heavy atom. The Bertz CT molecular complexity index is 440. The molecular weight excluding hydrogens is 238 g/mol. The molecule has 6 heteroatoms. The Balaban J connectivity index is 2.28. The third-order valence-corrected chi connectivity index (χ3v) is 2.99. The molecule has 6 nitrogen and oxygen atoms in total. The second-order valence-electron chi connectivity index (χ2n) is 4.35. The average molecular weight is 253 g/mol. The van der Waals surface area contributed by atoms with Crippen LogP contribution in [0, 0.1) is 0 Å². The van der Waals surface area contributed by atoms with Crippen molar-refractivity contribution in [2.24, 2.45) is 4.99 Å². The van der Waals surface area contributed by atoms with Crippen molar-refractivity contribution in [2.75, 3.05) is 6.61 Å². The van der Waals surface area contributed by atoms with Gasteiger partial charge in [-0.3, -0.25) is 9.59 Å². The molecule has 3 unspecified atom stereocenters. The van der Waals surface area contributed by atoms with E-state index in [0.29, 0.717) is 12.0 Å². The second kappa shape index (κ2) is 4.99. The summed E-state index contributed by atoms with van der Waals surface area (Å²) in [4.78, 5) is 27.2. The van der Waals surface area contributed by atoms with Crippen LogP contribution < -0.4 is 0 Å². The molecule has 3 atom stereocenters. The summed E-state index contributed by atoms with van der Waals surface area (Å²) in [6, 6.07) is 0. The van der Waals surface area contributed by atoms with E-state index >= 15 is 0 Å². The van der Waals surface area contributed by atoms with Crippen molar-refractivity contribution >= 4 is 17.6 Å². The standard InChI is InChI=1S/C12H15NO5/c1-6-3-4-8-11(10(15)9(5-14)18-8)17-7(2)13-12(6)16/h3,8-9,11,14H,4-5H2,1-2H3/b6-3-,13-7?. The Labute approximate surface area is 104 Å². The molecule has 1 amide bonds. The number of aliphatic hydroxyl groups is 1. The third kappa shape index (κ3) is 2.34. The number of ether oxygens (including phenoxy) is 2. The van der Waals surface area contributed by atoms with Crippen LogP contribution >= 0.6 is 0 Å². The van der Waals surface area contributed by atoms with E-state index in [-0.39, 0.29) is 24.2 Å². The smallest absolute Gasteiger partial charge is 0.275 e. The summed E-state index contributed by atoms with van der Waals surface area (Å²) >= 11 is 0. The molecule has 0 saturated carbocycles. The Morgan fingerprint density at radius 3 is 2.83 bits per heavy atom. The number of carbonyl (C=O) groups is 2. The highest BCUT2D eigenvalue weighted by molar-refractivity contribution is 6.01. The zero-order valence-corrected chi connectivity index (χ0v) is 10.3. The number of amides is 1. The fourth-order valence-corrected chi connectivity index (χ4v) is 1.98. The van der Waals surface area contributed by atoms with Gasteiger partial charge in [0.1, 0.15) is 12.2 Å². The number of fused-ring (bicyclic) bond motifs is 1. The van der Waals surface area contributed by atoms with E-state index in [0.717, 1.165) is 0 Å². The summed E-state index contributed by atoms with van der Waals surface area (Å²) in [5, 5.41) is 9.04. The molecule has 2 aliphatic heterocycles. The number of aliphatic hydroxyl groups excluding tert-OH is 1. The van der Waals surface area contributed by atoms with Crippen LogP contribution in [0.5, 0.6) is 0 Å². The molecule has 18 heavy (non-hydrogen) atoms. The molecule has 1 N–H and O–H groups in total. The number of carbonyl (C=O) groups excluding carboxylic acids is 2. The number of aliphatic imine (C=N–C) groups is 1. The predicted octanol–water partition coefficient (Wildman–Crippen LogP) is -0.00460.